The molecule has 1 aliphatic heterocycles. The number of rotatable bonds is 2. The van der Waals surface area contributed by atoms with Crippen molar-refractivity contribution in [2.24, 2.45) is 0 Å². The van der Waals surface area contributed by atoms with E-state index in [-0.39, 0.29) is 6.61 Å². The molecule has 18 heavy (non-hydrogen) atoms. The first-order chi connectivity index (χ1) is 8.45. The van der Waals surface area contributed by atoms with Gasteiger partial charge < -0.3 is 15.3 Å². The number of aromatic amines is 1. The fourth-order valence-corrected chi connectivity index (χ4v) is 3.14. The third-order valence-corrected chi connectivity index (χ3v) is 4.28. The highest BCUT2D eigenvalue weighted by atomic mass is 32.2. The van der Waals surface area contributed by atoms with E-state index >= 15 is 0 Å². The quantitative estimate of drug-likeness (QED) is 0.497. The zero-order valence-corrected chi connectivity index (χ0v) is 9.80. The van der Waals surface area contributed by atoms with E-state index < -0.39 is 39.9 Å². The highest BCUT2D eigenvalue weighted by molar-refractivity contribution is 8.00. The molecular formula is C9H11FN2O5S. The lowest BCUT2D eigenvalue weighted by Crippen LogP contribution is -2.38. The molecule has 1 aliphatic rings. The summed E-state index contributed by atoms with van der Waals surface area (Å²) in [4.78, 5) is 24.1. The number of nitrogens with one attached hydrogen (secondary N) is 1. The molecule has 2 rings (SSSR count). The second-order valence-electron chi connectivity index (χ2n) is 3.87. The van der Waals surface area contributed by atoms with Crippen molar-refractivity contribution in [1.82, 2.24) is 9.55 Å². The molecule has 4 N–H and O–H groups in total. The highest BCUT2D eigenvalue weighted by Gasteiger charge is 2.43. The van der Waals surface area contributed by atoms with Gasteiger partial charge in [0.1, 0.15) is 11.5 Å². The summed E-state index contributed by atoms with van der Waals surface area (Å²) >= 11 is 0.933. The van der Waals surface area contributed by atoms with E-state index in [0.717, 1.165) is 16.3 Å². The number of aliphatic hydroxyl groups excluding tert-OH is 3. The maximum atomic E-state index is 13.1. The normalized spacial score (nSPS) is 31.8. The van der Waals surface area contributed by atoms with Gasteiger partial charge in [-0.05, 0) is 0 Å². The van der Waals surface area contributed by atoms with E-state index in [1.165, 1.54) is 0 Å². The monoisotopic (exact) mass is 278 g/mol. The molecule has 1 saturated heterocycles. The van der Waals surface area contributed by atoms with Crippen molar-refractivity contribution in [1.29, 1.82) is 0 Å². The molecule has 4 atom stereocenters. The Morgan fingerprint density at radius 1 is 1.39 bits per heavy atom. The largest absolute Gasteiger partial charge is 0.395 e. The van der Waals surface area contributed by atoms with Crippen LogP contribution >= 0.6 is 11.8 Å². The van der Waals surface area contributed by atoms with Gasteiger partial charge in [0.15, 0.2) is 0 Å². The first-order valence-electron chi connectivity index (χ1n) is 5.09. The fourth-order valence-electron chi connectivity index (χ4n) is 1.76. The van der Waals surface area contributed by atoms with Crippen LogP contribution in [0.15, 0.2) is 15.8 Å². The van der Waals surface area contributed by atoms with Crippen molar-refractivity contribution in [3.8, 4) is 0 Å². The van der Waals surface area contributed by atoms with E-state index in [1.54, 1.807) is 4.98 Å². The number of hydrogen-bond donors (Lipinski definition) is 4. The van der Waals surface area contributed by atoms with Crippen molar-refractivity contribution in [3.63, 3.8) is 0 Å². The molecule has 7 nitrogen and oxygen atoms in total. The molecule has 0 bridgehead atoms. The molecule has 1 fully saturated rings. The highest BCUT2D eigenvalue weighted by Crippen LogP contribution is 2.40. The summed E-state index contributed by atoms with van der Waals surface area (Å²) < 4.78 is 13.9. The van der Waals surface area contributed by atoms with Crippen LogP contribution < -0.4 is 11.2 Å². The van der Waals surface area contributed by atoms with Crippen LogP contribution in [0.1, 0.15) is 5.37 Å². The van der Waals surface area contributed by atoms with Gasteiger partial charge in [0, 0.05) is 0 Å². The van der Waals surface area contributed by atoms with E-state index in [4.69, 9.17) is 5.11 Å². The third-order valence-electron chi connectivity index (χ3n) is 2.72. The SMILES string of the molecule is O=c1[nH]c(=O)n([C@H]2S[C@@H](CO)[C@H](O)[C@H]2O)cc1F. The number of thioether (sulfide) groups is 1. The topological polar surface area (TPSA) is 116 Å². The van der Waals surface area contributed by atoms with Crippen molar-refractivity contribution in [2.45, 2.75) is 22.8 Å². The molecule has 100 valence electrons. The molecule has 0 aliphatic carbocycles. The van der Waals surface area contributed by atoms with Crippen LogP contribution in [0.2, 0.25) is 0 Å². The predicted molar refractivity (Wildman–Crippen MR) is 60.8 cm³/mol. The Kier molecular flexibility index (Phi) is 3.57. The molecule has 0 radical (unpaired) electrons. The zero-order chi connectivity index (χ0) is 13.4. The Labute approximate surface area is 104 Å². The second kappa shape index (κ2) is 4.84. The van der Waals surface area contributed by atoms with E-state index in [9.17, 15) is 24.2 Å². The number of aromatic nitrogens is 2. The molecule has 0 aromatic carbocycles. The minimum absolute atomic E-state index is 0.389. The first-order valence-corrected chi connectivity index (χ1v) is 6.03. The average Bonchev–Trinajstić information content (AvgIpc) is 2.61. The maximum absolute atomic E-state index is 13.1. The molecule has 9 heteroatoms. The van der Waals surface area contributed by atoms with Gasteiger partial charge in [-0.25, -0.2) is 4.79 Å². The van der Waals surface area contributed by atoms with Gasteiger partial charge >= 0.3 is 5.69 Å². The van der Waals surface area contributed by atoms with Gasteiger partial charge in [0.25, 0.3) is 5.56 Å². The first kappa shape index (κ1) is 13.3. The number of aliphatic hydroxyl groups is 3. The third kappa shape index (κ3) is 2.09. The van der Waals surface area contributed by atoms with Gasteiger partial charge in [0.05, 0.1) is 24.2 Å². The predicted octanol–water partition coefficient (Wildman–Crippen LogP) is -2.00. The standard InChI is InChI=1S/C9H11FN2O5S/c10-3-1-12(9(17)11-7(3)16)8-6(15)5(14)4(2-13)18-8/h1,4-6,8,13-15H,2H2,(H,11,16,17)/t4-,5-,6+,8-/m0/s1. The van der Waals surface area contributed by atoms with Crippen LogP contribution in [0, 0.1) is 5.82 Å². The van der Waals surface area contributed by atoms with Crippen molar-refractivity contribution in [3.05, 3.63) is 32.9 Å². The molecule has 0 saturated carbocycles. The van der Waals surface area contributed by atoms with Gasteiger partial charge in [-0.1, -0.05) is 0 Å². The van der Waals surface area contributed by atoms with E-state index in [2.05, 4.69) is 0 Å². The van der Waals surface area contributed by atoms with Crippen LogP contribution in [-0.2, 0) is 0 Å². The molecule has 0 amide bonds. The van der Waals surface area contributed by atoms with Crippen molar-refractivity contribution in [2.75, 3.05) is 6.61 Å². The van der Waals surface area contributed by atoms with E-state index in [0.29, 0.717) is 6.20 Å². The fraction of sp³-hybridized carbons (Fsp3) is 0.556. The summed E-state index contributed by atoms with van der Waals surface area (Å²) in [6.45, 7) is -0.389. The number of hydrogen-bond acceptors (Lipinski definition) is 6. The van der Waals surface area contributed by atoms with E-state index in [1.807, 2.05) is 0 Å². The number of nitrogens with zero attached hydrogens (tertiary/aromatic N) is 1. The summed E-state index contributed by atoms with van der Waals surface area (Å²) in [6.07, 6.45) is -1.89. The number of H-pyrrole nitrogens is 1. The Balaban J connectivity index is 2.42. The molecule has 2 heterocycles. The maximum Gasteiger partial charge on any atom is 0.329 e. The van der Waals surface area contributed by atoms with Gasteiger partial charge in [-0.15, -0.1) is 11.8 Å². The summed E-state index contributed by atoms with van der Waals surface area (Å²) in [5, 5.41) is 26.7. The summed E-state index contributed by atoms with van der Waals surface area (Å²) in [7, 11) is 0. The lowest BCUT2D eigenvalue weighted by Gasteiger charge is -2.17. The van der Waals surface area contributed by atoms with Crippen molar-refractivity contribution < 1.29 is 19.7 Å². The van der Waals surface area contributed by atoms with Gasteiger partial charge in [-0.3, -0.25) is 14.3 Å². The summed E-state index contributed by atoms with van der Waals surface area (Å²) in [5.41, 5.74) is -2.03. The second-order valence-corrected chi connectivity index (χ2v) is 5.23. The molecule has 1 aromatic heterocycles. The van der Waals surface area contributed by atoms with Crippen LogP contribution in [0.25, 0.3) is 0 Å². The Bertz CT molecular complexity index is 559. The van der Waals surface area contributed by atoms with Crippen molar-refractivity contribution >= 4 is 11.8 Å². The smallest absolute Gasteiger partial charge is 0.329 e. The average molecular weight is 278 g/mol. The lowest BCUT2D eigenvalue weighted by molar-refractivity contribution is 0.00997. The molecular weight excluding hydrogens is 267 g/mol. The van der Waals surface area contributed by atoms with Crippen LogP contribution in [0.3, 0.4) is 0 Å². The summed E-state index contributed by atoms with van der Waals surface area (Å²) in [5.74, 6) is -1.16. The molecule has 0 spiro atoms. The Morgan fingerprint density at radius 3 is 2.61 bits per heavy atom. The van der Waals surface area contributed by atoms with Gasteiger partial charge in [-0.2, -0.15) is 4.39 Å². The Hall–Kier alpha value is -1.16. The number of halogens is 1. The van der Waals surface area contributed by atoms with Crippen LogP contribution in [-0.4, -0.2) is 48.9 Å². The lowest BCUT2D eigenvalue weighted by atomic mass is 10.1. The minimum Gasteiger partial charge on any atom is -0.395 e. The van der Waals surface area contributed by atoms with Gasteiger partial charge in [0.2, 0.25) is 5.82 Å². The minimum atomic E-state index is -1.34. The zero-order valence-electron chi connectivity index (χ0n) is 8.99. The summed E-state index contributed by atoms with van der Waals surface area (Å²) in [6, 6.07) is 0. The Morgan fingerprint density at radius 2 is 2.06 bits per heavy atom. The molecule has 1 aromatic rings. The van der Waals surface area contributed by atoms with Crippen LogP contribution in [0.5, 0.6) is 0 Å². The van der Waals surface area contributed by atoms with Crippen LogP contribution in [0.4, 0.5) is 4.39 Å². The molecule has 0 unspecified atom stereocenters.